The maximum atomic E-state index is 13.9. The van der Waals surface area contributed by atoms with E-state index in [0.717, 1.165) is 110 Å². The Morgan fingerprint density at radius 2 is 1.31 bits per heavy atom. The number of piperazine rings is 1. The number of pyridine rings is 1. The van der Waals surface area contributed by atoms with Gasteiger partial charge in [0.1, 0.15) is 17.4 Å². The minimum Gasteiger partial charge on any atom is -0.491 e. The molecule has 0 unspecified atom stereocenters. The summed E-state index contributed by atoms with van der Waals surface area (Å²) in [6.45, 7) is 19.5. The van der Waals surface area contributed by atoms with Crippen molar-refractivity contribution in [3.8, 4) is 5.75 Å². The summed E-state index contributed by atoms with van der Waals surface area (Å²) in [6.07, 6.45) is 1.02. The number of ether oxygens (including phenoxy) is 3. The van der Waals surface area contributed by atoms with Crippen LogP contribution in [0.25, 0.3) is 11.0 Å². The van der Waals surface area contributed by atoms with Gasteiger partial charge >= 0.3 is 12.2 Å². The number of carbonyl (C=O) groups is 3. The third-order valence-electron chi connectivity index (χ3n) is 16.5. The highest BCUT2D eigenvalue weighted by atomic mass is 35.5. The topological polar surface area (TPSA) is 313 Å². The molecule has 0 atom stereocenters. The number of anilines is 7. The SMILES string of the molecule is CCOCCN1CCN(C(=O)c2cnc(NCc3ccc(CNc4ncc(F)cn4)cc3)nc2C(F)(F)F)CC1.Cc1nn(C)c2nc(N(C)CCN(C)C)c(C(=O)NC(=O)Nc3cccc(OC(C)C)c3)cc12.Cl.Fc1cnc(Cl)nc1NCc1ccc(CNc2ccnc(NCCN3CCOCC3)n2)cc1.[HH].[HH].[HH].[HH].[HH].[HH].[HH]. The maximum absolute atomic E-state index is 13.9. The van der Waals surface area contributed by atoms with Crippen LogP contribution in [0.2, 0.25) is 5.28 Å². The number of aromatic nitrogens is 11. The number of hydrogen-bond acceptors (Lipinski definition) is 25. The van der Waals surface area contributed by atoms with Gasteiger partial charge in [-0.3, -0.25) is 29.4 Å². The Bertz CT molecular complexity index is 4390. The average Bonchev–Trinajstić information content (AvgIpc) is 1.69. The molecule has 36 heteroatoms. The molecule has 0 bridgehead atoms. The molecule has 3 aromatic carbocycles. The number of nitrogens with zero attached hydrogens (tertiary/aromatic N) is 16. The number of likely N-dealkylation sites (N-methyl/N-ethyl adjacent to an activating group) is 2. The van der Waals surface area contributed by atoms with Gasteiger partial charge in [-0.2, -0.15) is 28.2 Å². The second-order valence-corrected chi connectivity index (χ2v) is 25.6. The zero-order chi connectivity index (χ0) is 76.4. The van der Waals surface area contributed by atoms with Gasteiger partial charge in [0.15, 0.2) is 28.8 Å². The maximum Gasteiger partial charge on any atom is 0.434 e. The van der Waals surface area contributed by atoms with Gasteiger partial charge in [0.25, 0.3) is 11.8 Å². The second kappa shape index (κ2) is 41.1. The summed E-state index contributed by atoms with van der Waals surface area (Å²) in [7, 11) is 7.65. The molecule has 2 aliphatic rings. The summed E-state index contributed by atoms with van der Waals surface area (Å²) in [5.74, 6) is 0.245. The standard InChI is InChI=1S/C26H30F4N8O2.C24H33N7O3.C22H26ClFN8O.ClH.7H2/c1-2-40-12-11-37-7-9-38(10-8-37)23(39)21-17-35-25(36-22(21)26(28,29)30)32-14-19-5-3-18(4-6-19)13-31-24-33-15-20(27)16-34-24;1-15(2)34-18-10-8-9-17(13-18)25-24(33)27-23(32)20-14-19-16(3)28-31(7)22(19)26-21(20)30(6)12-11-29(4)5;23-21-29-15-18(24)20(31-21)28-14-17-3-1-16(2-4-17)13-27-19-5-6-25-22(30-19)26-7-8-32-9-11-33-12-10-32;;;;;;;;/h3-6,15-17H,2,7-14H2,1H3,(H,31,33,34)(H,32,35,36);8-10,13-15H,11-12H2,1-7H3,(H2,25,27,32,33);1-6,15H,7-14H2,(H,28,29,31)(H2,25,26,27,30);8*1H. The van der Waals surface area contributed by atoms with Crippen molar-refractivity contribution in [1.82, 2.24) is 79.6 Å². The number of nitrogens with one attached hydrogen (secondary N) is 7. The molecule has 2 saturated heterocycles. The van der Waals surface area contributed by atoms with E-state index in [-0.39, 0.29) is 58.0 Å². The van der Waals surface area contributed by atoms with Crippen molar-refractivity contribution in [3.05, 3.63) is 178 Å². The average molecular weight is 1550 g/mol. The predicted molar refractivity (Wildman–Crippen MR) is 421 cm³/mol. The lowest BCUT2D eigenvalue weighted by molar-refractivity contribution is -0.141. The first-order valence-corrected chi connectivity index (χ1v) is 35.1. The van der Waals surface area contributed by atoms with Crippen LogP contribution in [0.1, 0.15) is 85.1 Å². The molecule has 29 nitrogen and oxygen atoms in total. The van der Waals surface area contributed by atoms with E-state index in [2.05, 4.69) is 92.0 Å². The molecule has 2 aliphatic heterocycles. The summed E-state index contributed by atoms with van der Waals surface area (Å²) in [5, 5.41) is 25.6. The molecule has 0 saturated carbocycles. The van der Waals surface area contributed by atoms with Crippen molar-refractivity contribution in [3.63, 3.8) is 0 Å². The Kier molecular flexibility index (Phi) is 31.7. The smallest absolute Gasteiger partial charge is 0.434 e. The molecule has 11 rings (SSSR count). The van der Waals surface area contributed by atoms with Gasteiger partial charge in [-0.15, -0.1) is 12.4 Å². The molecule has 8 heterocycles. The zero-order valence-electron chi connectivity index (χ0n) is 61.3. The number of morpholine rings is 1. The van der Waals surface area contributed by atoms with Crippen LogP contribution >= 0.6 is 24.0 Å². The Morgan fingerprint density at radius 3 is 1.95 bits per heavy atom. The molecule has 2 fully saturated rings. The highest BCUT2D eigenvalue weighted by molar-refractivity contribution is 6.28. The fraction of sp³-hybridized carbons (Fsp3) is 0.403. The van der Waals surface area contributed by atoms with E-state index in [9.17, 15) is 36.3 Å². The van der Waals surface area contributed by atoms with E-state index in [1.165, 1.54) is 4.90 Å². The quantitative estimate of drug-likeness (QED) is 0.0130. The number of hydrogen-bond donors (Lipinski definition) is 7. The molecular formula is C72H104Cl2F5N23O6. The molecule has 592 valence electrons. The summed E-state index contributed by atoms with van der Waals surface area (Å²) >= 11 is 5.72. The molecule has 108 heavy (non-hydrogen) atoms. The second-order valence-electron chi connectivity index (χ2n) is 25.3. The fourth-order valence-electron chi connectivity index (χ4n) is 10.9. The van der Waals surface area contributed by atoms with Gasteiger partial charge in [-0.05, 0) is 99.9 Å². The highest BCUT2D eigenvalue weighted by Gasteiger charge is 2.40. The lowest BCUT2D eigenvalue weighted by atomic mass is 10.1. The number of imide groups is 1. The first-order valence-electron chi connectivity index (χ1n) is 34.7. The summed E-state index contributed by atoms with van der Waals surface area (Å²) in [4.78, 5) is 84.9. The number of halogens is 7. The van der Waals surface area contributed by atoms with Gasteiger partial charge in [0.2, 0.25) is 23.1 Å². The molecule has 7 N–H and O–H groups in total. The Hall–Kier alpha value is -10.4. The van der Waals surface area contributed by atoms with Crippen molar-refractivity contribution in [2.45, 2.75) is 66.2 Å². The molecule has 6 aromatic heterocycles. The van der Waals surface area contributed by atoms with E-state index in [4.69, 9.17) is 30.8 Å². The third-order valence-corrected chi connectivity index (χ3v) is 16.7. The van der Waals surface area contributed by atoms with Gasteiger partial charge in [-0.25, -0.2) is 48.5 Å². The first kappa shape index (κ1) is 83.3. The van der Waals surface area contributed by atoms with Crippen LogP contribution in [0, 0.1) is 18.6 Å². The van der Waals surface area contributed by atoms with Crippen LogP contribution in [-0.2, 0) is 48.9 Å². The lowest BCUT2D eigenvalue weighted by Gasteiger charge is -2.34. The molecule has 0 aliphatic carbocycles. The Balaban J connectivity index is 0.000000838. The molecule has 0 spiro atoms. The van der Waals surface area contributed by atoms with Crippen molar-refractivity contribution in [2.24, 2.45) is 7.05 Å². The summed E-state index contributed by atoms with van der Waals surface area (Å²) in [5.41, 5.74) is 4.17. The normalized spacial score (nSPS) is 13.1. The monoisotopic (exact) mass is 1550 g/mol. The first-order chi connectivity index (χ1) is 51.4. The van der Waals surface area contributed by atoms with E-state index < -0.39 is 46.9 Å². The van der Waals surface area contributed by atoms with E-state index in [1.54, 1.807) is 53.3 Å². The molecule has 4 amide bonds. The Morgan fingerprint density at radius 1 is 0.694 bits per heavy atom. The number of benzene rings is 3. The van der Waals surface area contributed by atoms with Crippen LogP contribution in [0.4, 0.5) is 67.7 Å². The third kappa shape index (κ3) is 26.0. The van der Waals surface area contributed by atoms with Crippen LogP contribution < -0.4 is 46.9 Å². The lowest BCUT2D eigenvalue weighted by Crippen LogP contribution is -2.49. The molecule has 0 radical (unpaired) electrons. The van der Waals surface area contributed by atoms with Crippen LogP contribution in [0.15, 0.2) is 116 Å². The Labute approximate surface area is 644 Å². The number of urea groups is 1. The number of carbonyl (C=O) groups excluding carboxylic acids is 3. The largest absolute Gasteiger partial charge is 0.491 e. The number of aryl methyl sites for hydroxylation is 2. The number of alkyl halides is 3. The van der Waals surface area contributed by atoms with E-state index in [1.807, 2.05) is 108 Å². The van der Waals surface area contributed by atoms with Gasteiger partial charge in [0.05, 0.1) is 61.3 Å². The van der Waals surface area contributed by atoms with Gasteiger partial charge in [0, 0.05) is 158 Å². The predicted octanol–water partition coefficient (Wildman–Crippen LogP) is 11.6. The fourth-order valence-corrected chi connectivity index (χ4v) is 11.0. The van der Waals surface area contributed by atoms with Crippen LogP contribution in [0.5, 0.6) is 5.75 Å². The van der Waals surface area contributed by atoms with Crippen molar-refractivity contribution in [2.75, 3.05) is 156 Å². The number of fused-ring (bicyclic) bond motifs is 1. The summed E-state index contributed by atoms with van der Waals surface area (Å²) in [6, 6.07) is 25.2. The molecular weight excluding hydrogens is 1450 g/mol. The zero-order valence-corrected chi connectivity index (χ0v) is 62.8. The van der Waals surface area contributed by atoms with E-state index >= 15 is 0 Å². The van der Waals surface area contributed by atoms with E-state index in [0.29, 0.717) is 107 Å². The van der Waals surface area contributed by atoms with Gasteiger partial charge < -0.3 is 60.8 Å². The number of rotatable bonds is 29. The van der Waals surface area contributed by atoms with Crippen LogP contribution in [0.3, 0.4) is 0 Å². The van der Waals surface area contributed by atoms with Gasteiger partial charge in [-0.1, -0.05) is 54.6 Å². The number of amides is 4. The van der Waals surface area contributed by atoms with Crippen molar-refractivity contribution >= 4 is 93.9 Å². The summed E-state index contributed by atoms with van der Waals surface area (Å²) < 4.78 is 86.3. The van der Waals surface area contributed by atoms with Crippen LogP contribution in [-0.4, -0.2) is 218 Å². The molecule has 9 aromatic rings. The van der Waals surface area contributed by atoms with Crippen molar-refractivity contribution in [1.29, 1.82) is 0 Å². The minimum atomic E-state index is -4.83. The highest BCUT2D eigenvalue weighted by Crippen LogP contribution is 2.32. The minimum absolute atomic E-state index is 0. The van der Waals surface area contributed by atoms with Crippen molar-refractivity contribution < 1.29 is 60.5 Å².